The molecule has 3 aliphatic carbocycles. The van der Waals surface area contributed by atoms with E-state index >= 15 is 0 Å². The largest absolute Gasteiger partial charge is 0.469 e. The highest BCUT2D eigenvalue weighted by Gasteiger charge is 2.54. The van der Waals surface area contributed by atoms with E-state index in [-0.39, 0.29) is 17.5 Å². The summed E-state index contributed by atoms with van der Waals surface area (Å²) < 4.78 is 5.05. The fourth-order valence-electron chi connectivity index (χ4n) is 5.88. The van der Waals surface area contributed by atoms with Gasteiger partial charge in [0.25, 0.3) is 0 Å². The molecule has 3 fully saturated rings. The summed E-state index contributed by atoms with van der Waals surface area (Å²) in [4.78, 5) is 12.1. The third-order valence-electron chi connectivity index (χ3n) is 7.21. The number of methoxy groups -OCH3 is 1. The molecule has 0 unspecified atom stereocenters. The number of aliphatic hydroxyl groups is 1. The summed E-state index contributed by atoms with van der Waals surface area (Å²) >= 11 is 0. The maximum absolute atomic E-state index is 12.1. The molecule has 120 valence electrons. The minimum Gasteiger partial charge on any atom is -0.469 e. The van der Waals surface area contributed by atoms with Gasteiger partial charge >= 0.3 is 5.97 Å². The Morgan fingerprint density at radius 2 is 1.90 bits per heavy atom. The monoisotopic (exact) mass is 294 g/mol. The van der Waals surface area contributed by atoms with Gasteiger partial charge in [-0.3, -0.25) is 4.79 Å². The van der Waals surface area contributed by atoms with Gasteiger partial charge in [-0.1, -0.05) is 6.92 Å². The maximum atomic E-state index is 12.1. The summed E-state index contributed by atoms with van der Waals surface area (Å²) in [6, 6.07) is 0. The Kier molecular flexibility index (Phi) is 3.84. The molecule has 0 aromatic carbocycles. The van der Waals surface area contributed by atoms with Crippen LogP contribution in [0.25, 0.3) is 0 Å². The molecule has 3 rings (SSSR count). The Hall–Kier alpha value is -0.570. The van der Waals surface area contributed by atoms with Gasteiger partial charge in [-0.2, -0.15) is 0 Å². The van der Waals surface area contributed by atoms with Crippen LogP contribution in [-0.2, 0) is 9.53 Å². The minimum atomic E-state index is -0.271. The van der Waals surface area contributed by atoms with Crippen LogP contribution < -0.4 is 0 Å². The molecular formula is C18H30O3. The van der Waals surface area contributed by atoms with Crippen molar-refractivity contribution in [1.82, 2.24) is 0 Å². The van der Waals surface area contributed by atoms with Gasteiger partial charge in [0.15, 0.2) is 0 Å². The topological polar surface area (TPSA) is 46.5 Å². The van der Waals surface area contributed by atoms with E-state index in [4.69, 9.17) is 4.74 Å². The number of carbonyl (C=O) groups is 1. The van der Waals surface area contributed by atoms with Crippen LogP contribution in [0, 0.1) is 28.6 Å². The van der Waals surface area contributed by atoms with E-state index in [1.165, 1.54) is 20.0 Å². The van der Waals surface area contributed by atoms with Gasteiger partial charge in [-0.05, 0) is 81.5 Å². The van der Waals surface area contributed by atoms with Crippen molar-refractivity contribution in [1.29, 1.82) is 0 Å². The van der Waals surface area contributed by atoms with E-state index in [1.807, 2.05) is 0 Å². The molecule has 21 heavy (non-hydrogen) atoms. The molecular weight excluding hydrogens is 264 g/mol. The Morgan fingerprint density at radius 1 is 1.14 bits per heavy atom. The number of aliphatic hydroxyl groups excluding tert-OH is 1. The van der Waals surface area contributed by atoms with Crippen molar-refractivity contribution in [2.75, 3.05) is 7.11 Å². The summed E-state index contributed by atoms with van der Waals surface area (Å²) in [5.41, 5.74) is 0.118. The molecule has 0 amide bonds. The van der Waals surface area contributed by atoms with Crippen molar-refractivity contribution >= 4 is 5.97 Å². The second-order valence-corrected chi connectivity index (χ2v) is 8.37. The second-order valence-electron chi connectivity index (χ2n) is 8.37. The first-order chi connectivity index (χ1) is 9.89. The highest BCUT2D eigenvalue weighted by atomic mass is 16.5. The Labute approximate surface area is 128 Å². The van der Waals surface area contributed by atoms with Crippen molar-refractivity contribution in [3.8, 4) is 0 Å². The maximum Gasteiger partial charge on any atom is 0.311 e. The lowest BCUT2D eigenvalue weighted by atomic mass is 9.47. The standard InChI is InChI=1S/C18H30O3/c1-17(16(20)21-3)8-7-15-12(11-17)4-5-13-10-14(19)6-9-18(13,15)2/h12-15,19H,4-11H2,1-3H3/t12-,13+,14-,15-,17-,18-/m0/s1. The number of carbonyl (C=O) groups excluding carboxylic acids is 1. The molecule has 0 aliphatic heterocycles. The summed E-state index contributed by atoms with van der Waals surface area (Å²) in [5, 5.41) is 9.99. The van der Waals surface area contributed by atoms with Gasteiger partial charge in [-0.25, -0.2) is 0 Å². The van der Waals surface area contributed by atoms with E-state index in [2.05, 4.69) is 13.8 Å². The third kappa shape index (κ3) is 2.42. The van der Waals surface area contributed by atoms with Crippen LogP contribution in [0.4, 0.5) is 0 Å². The van der Waals surface area contributed by atoms with Crippen LogP contribution >= 0.6 is 0 Å². The average molecular weight is 294 g/mol. The predicted molar refractivity (Wildman–Crippen MR) is 81.6 cm³/mol. The molecule has 6 atom stereocenters. The quantitative estimate of drug-likeness (QED) is 0.752. The normalized spacial score (nSPS) is 49.9. The number of fused-ring (bicyclic) bond motifs is 3. The van der Waals surface area contributed by atoms with E-state index in [0.717, 1.165) is 44.4 Å². The molecule has 0 bridgehead atoms. The van der Waals surface area contributed by atoms with Gasteiger partial charge in [-0.15, -0.1) is 0 Å². The first-order valence-electron chi connectivity index (χ1n) is 8.65. The molecule has 0 heterocycles. The Balaban J connectivity index is 1.78. The first-order valence-corrected chi connectivity index (χ1v) is 8.65. The van der Waals surface area contributed by atoms with Crippen molar-refractivity contribution in [3.63, 3.8) is 0 Å². The van der Waals surface area contributed by atoms with Crippen LogP contribution in [0.1, 0.15) is 65.2 Å². The zero-order valence-corrected chi connectivity index (χ0v) is 13.7. The molecule has 3 nitrogen and oxygen atoms in total. The summed E-state index contributed by atoms with van der Waals surface area (Å²) in [7, 11) is 1.51. The Bertz CT molecular complexity index is 421. The lowest BCUT2D eigenvalue weighted by molar-refractivity contribution is -0.161. The molecule has 0 saturated heterocycles. The minimum absolute atomic E-state index is 0.0210. The van der Waals surface area contributed by atoms with E-state index in [9.17, 15) is 9.90 Å². The number of esters is 1. The molecule has 3 heteroatoms. The van der Waals surface area contributed by atoms with E-state index in [0.29, 0.717) is 17.3 Å². The molecule has 0 aromatic heterocycles. The van der Waals surface area contributed by atoms with Crippen LogP contribution in [0.15, 0.2) is 0 Å². The van der Waals surface area contributed by atoms with Crippen LogP contribution in [0.2, 0.25) is 0 Å². The van der Waals surface area contributed by atoms with E-state index in [1.54, 1.807) is 0 Å². The highest BCUT2D eigenvalue weighted by molar-refractivity contribution is 5.76. The van der Waals surface area contributed by atoms with Crippen LogP contribution in [0.5, 0.6) is 0 Å². The van der Waals surface area contributed by atoms with Gasteiger partial charge in [0, 0.05) is 0 Å². The molecule has 1 N–H and O–H groups in total. The van der Waals surface area contributed by atoms with Gasteiger partial charge in [0.2, 0.25) is 0 Å². The number of hydrogen-bond donors (Lipinski definition) is 1. The SMILES string of the molecule is COC(=O)[C@@]1(C)CC[C@H]2[C@@H](CC[C@@H]3C[C@@H](O)CC[C@@]32C)C1. The average Bonchev–Trinajstić information content (AvgIpc) is 2.47. The lowest BCUT2D eigenvalue weighted by Gasteiger charge is -2.58. The molecule has 0 spiro atoms. The second kappa shape index (κ2) is 5.26. The van der Waals surface area contributed by atoms with Crippen molar-refractivity contribution < 1.29 is 14.6 Å². The predicted octanol–water partition coefficient (Wildman–Crippen LogP) is 3.54. The summed E-state index contributed by atoms with van der Waals surface area (Å²) in [6.45, 7) is 4.55. The number of hydrogen-bond acceptors (Lipinski definition) is 3. The molecule has 0 radical (unpaired) electrons. The highest BCUT2D eigenvalue weighted by Crippen LogP contribution is 2.61. The third-order valence-corrected chi connectivity index (χ3v) is 7.21. The zero-order valence-electron chi connectivity index (χ0n) is 13.7. The molecule has 0 aromatic rings. The smallest absolute Gasteiger partial charge is 0.311 e. The van der Waals surface area contributed by atoms with Crippen molar-refractivity contribution in [3.05, 3.63) is 0 Å². The van der Waals surface area contributed by atoms with Gasteiger partial charge in [0.05, 0.1) is 18.6 Å². The molecule has 3 aliphatic rings. The molecule has 3 saturated carbocycles. The van der Waals surface area contributed by atoms with Crippen molar-refractivity contribution in [2.45, 2.75) is 71.3 Å². The van der Waals surface area contributed by atoms with Crippen LogP contribution in [-0.4, -0.2) is 24.3 Å². The summed E-state index contributed by atoms with van der Waals surface area (Å²) in [5.74, 6) is 2.07. The Morgan fingerprint density at radius 3 is 2.62 bits per heavy atom. The number of ether oxygens (including phenoxy) is 1. The first kappa shape index (κ1) is 15.3. The van der Waals surface area contributed by atoms with Crippen molar-refractivity contribution in [2.24, 2.45) is 28.6 Å². The fourth-order valence-corrected chi connectivity index (χ4v) is 5.88. The fraction of sp³-hybridized carbons (Fsp3) is 0.944. The zero-order chi connectivity index (χ0) is 15.3. The number of rotatable bonds is 1. The van der Waals surface area contributed by atoms with Gasteiger partial charge in [0.1, 0.15) is 0 Å². The summed E-state index contributed by atoms with van der Waals surface area (Å²) in [6.07, 6.45) is 8.60. The van der Waals surface area contributed by atoms with E-state index < -0.39 is 0 Å². The lowest BCUT2D eigenvalue weighted by Crippen LogP contribution is -2.51. The van der Waals surface area contributed by atoms with Gasteiger partial charge < -0.3 is 9.84 Å². The van der Waals surface area contributed by atoms with Crippen LogP contribution in [0.3, 0.4) is 0 Å².